The Bertz CT molecular complexity index is 358. The van der Waals surface area contributed by atoms with Crippen molar-refractivity contribution in [3.05, 3.63) is 47.5 Å². The molecule has 0 heterocycles. The lowest BCUT2D eigenvalue weighted by Crippen LogP contribution is -2.25. The molecule has 0 aliphatic carbocycles. The lowest BCUT2D eigenvalue weighted by molar-refractivity contribution is 0.352. The molecule has 1 rings (SSSR count). The Morgan fingerprint density at radius 2 is 2.18 bits per heavy atom. The standard InChI is InChI=1S/C15H24N2/c1-5-16-10-14(3)11-17(4)12-15-8-6-7-13(2)9-15/h6-9,16H,3,5,10-12H2,1-2,4H3. The molecule has 0 aliphatic heterocycles. The summed E-state index contributed by atoms with van der Waals surface area (Å²) in [5.74, 6) is 0. The molecule has 0 spiro atoms. The quantitative estimate of drug-likeness (QED) is 0.727. The highest BCUT2D eigenvalue weighted by atomic mass is 15.1. The summed E-state index contributed by atoms with van der Waals surface area (Å²) in [4.78, 5) is 2.30. The van der Waals surface area contributed by atoms with E-state index in [0.29, 0.717) is 0 Å². The smallest absolute Gasteiger partial charge is 0.0234 e. The highest BCUT2D eigenvalue weighted by Crippen LogP contribution is 2.07. The van der Waals surface area contributed by atoms with Gasteiger partial charge < -0.3 is 5.32 Å². The van der Waals surface area contributed by atoms with Crippen LogP contribution in [0, 0.1) is 6.92 Å². The van der Waals surface area contributed by atoms with E-state index in [4.69, 9.17) is 0 Å². The van der Waals surface area contributed by atoms with Gasteiger partial charge in [-0.05, 0) is 31.7 Å². The van der Waals surface area contributed by atoms with Gasteiger partial charge in [0.1, 0.15) is 0 Å². The molecule has 0 saturated heterocycles. The van der Waals surface area contributed by atoms with Crippen molar-refractivity contribution in [2.75, 3.05) is 26.7 Å². The normalized spacial score (nSPS) is 10.8. The number of nitrogens with zero attached hydrogens (tertiary/aromatic N) is 1. The van der Waals surface area contributed by atoms with E-state index >= 15 is 0 Å². The second-order valence-corrected chi connectivity index (χ2v) is 4.69. The van der Waals surface area contributed by atoms with E-state index in [1.807, 2.05) is 0 Å². The van der Waals surface area contributed by atoms with Crippen molar-refractivity contribution in [2.24, 2.45) is 0 Å². The van der Waals surface area contributed by atoms with Crippen molar-refractivity contribution in [3.63, 3.8) is 0 Å². The van der Waals surface area contributed by atoms with Crippen LogP contribution >= 0.6 is 0 Å². The Balaban J connectivity index is 2.39. The molecule has 1 aromatic carbocycles. The molecule has 0 unspecified atom stereocenters. The molecule has 1 aromatic rings. The topological polar surface area (TPSA) is 15.3 Å². The third-order valence-electron chi connectivity index (χ3n) is 2.65. The second kappa shape index (κ2) is 7.25. The minimum atomic E-state index is 0.911. The minimum absolute atomic E-state index is 0.911. The fraction of sp³-hybridized carbons (Fsp3) is 0.467. The summed E-state index contributed by atoms with van der Waals surface area (Å²) in [7, 11) is 2.14. The molecule has 1 N–H and O–H groups in total. The minimum Gasteiger partial charge on any atom is -0.313 e. The first kappa shape index (κ1) is 13.9. The summed E-state index contributed by atoms with van der Waals surface area (Å²) in [6.45, 7) is 12.2. The maximum Gasteiger partial charge on any atom is 0.0234 e. The lowest BCUT2D eigenvalue weighted by Gasteiger charge is -2.18. The van der Waals surface area contributed by atoms with Gasteiger partial charge in [0.15, 0.2) is 0 Å². The van der Waals surface area contributed by atoms with Crippen LogP contribution < -0.4 is 5.32 Å². The molecule has 0 bridgehead atoms. The number of benzene rings is 1. The van der Waals surface area contributed by atoms with E-state index in [2.05, 4.69) is 62.0 Å². The summed E-state index contributed by atoms with van der Waals surface area (Å²) in [5, 5.41) is 3.30. The van der Waals surface area contributed by atoms with Gasteiger partial charge in [0.2, 0.25) is 0 Å². The first-order chi connectivity index (χ1) is 8.11. The predicted molar refractivity (Wildman–Crippen MR) is 75.2 cm³/mol. The van der Waals surface area contributed by atoms with Gasteiger partial charge in [0.05, 0.1) is 0 Å². The van der Waals surface area contributed by atoms with Gasteiger partial charge in [-0.1, -0.05) is 43.3 Å². The maximum atomic E-state index is 4.09. The van der Waals surface area contributed by atoms with Crippen LogP contribution in [0.2, 0.25) is 0 Å². The first-order valence-electron chi connectivity index (χ1n) is 6.23. The van der Waals surface area contributed by atoms with Crippen LogP contribution in [0.1, 0.15) is 18.1 Å². The van der Waals surface area contributed by atoms with Crippen molar-refractivity contribution in [2.45, 2.75) is 20.4 Å². The molecule has 0 aromatic heterocycles. The molecule has 0 aliphatic rings. The van der Waals surface area contributed by atoms with Gasteiger partial charge in [-0.25, -0.2) is 0 Å². The van der Waals surface area contributed by atoms with E-state index in [1.54, 1.807) is 0 Å². The highest BCUT2D eigenvalue weighted by Gasteiger charge is 2.02. The van der Waals surface area contributed by atoms with Gasteiger partial charge in [0, 0.05) is 19.6 Å². The molecule has 17 heavy (non-hydrogen) atoms. The Morgan fingerprint density at radius 1 is 1.41 bits per heavy atom. The molecule has 94 valence electrons. The van der Waals surface area contributed by atoms with Crippen LogP contribution in [0.25, 0.3) is 0 Å². The van der Waals surface area contributed by atoms with E-state index in [9.17, 15) is 0 Å². The zero-order valence-electron chi connectivity index (χ0n) is 11.3. The Morgan fingerprint density at radius 3 is 2.82 bits per heavy atom. The summed E-state index contributed by atoms with van der Waals surface area (Å²) < 4.78 is 0. The number of nitrogens with one attached hydrogen (secondary N) is 1. The van der Waals surface area contributed by atoms with Gasteiger partial charge >= 0.3 is 0 Å². The summed E-state index contributed by atoms with van der Waals surface area (Å²) >= 11 is 0. The third kappa shape index (κ3) is 5.66. The van der Waals surface area contributed by atoms with E-state index < -0.39 is 0 Å². The maximum absolute atomic E-state index is 4.09. The number of likely N-dealkylation sites (N-methyl/N-ethyl adjacent to an activating group) is 2. The molecule has 0 atom stereocenters. The lowest BCUT2D eigenvalue weighted by atomic mass is 10.1. The van der Waals surface area contributed by atoms with Crippen molar-refractivity contribution in [1.82, 2.24) is 10.2 Å². The van der Waals surface area contributed by atoms with Crippen LogP contribution in [0.5, 0.6) is 0 Å². The number of aryl methyl sites for hydroxylation is 1. The Kier molecular flexibility index (Phi) is 5.95. The zero-order valence-corrected chi connectivity index (χ0v) is 11.3. The fourth-order valence-corrected chi connectivity index (χ4v) is 1.92. The molecular formula is C15H24N2. The van der Waals surface area contributed by atoms with Gasteiger partial charge in [-0.15, -0.1) is 0 Å². The third-order valence-corrected chi connectivity index (χ3v) is 2.65. The van der Waals surface area contributed by atoms with E-state index in [1.165, 1.54) is 16.7 Å². The average Bonchev–Trinajstić information content (AvgIpc) is 2.26. The molecule has 0 saturated carbocycles. The van der Waals surface area contributed by atoms with E-state index in [-0.39, 0.29) is 0 Å². The molecule has 0 fully saturated rings. The first-order valence-corrected chi connectivity index (χ1v) is 6.23. The fourth-order valence-electron chi connectivity index (χ4n) is 1.92. The zero-order chi connectivity index (χ0) is 12.7. The van der Waals surface area contributed by atoms with Crippen molar-refractivity contribution in [1.29, 1.82) is 0 Å². The van der Waals surface area contributed by atoms with Gasteiger partial charge in [-0.2, -0.15) is 0 Å². The molecule has 0 amide bonds. The summed E-state index contributed by atoms with van der Waals surface area (Å²) in [6, 6.07) is 8.67. The van der Waals surface area contributed by atoms with Crippen LogP contribution in [-0.2, 0) is 6.54 Å². The molecule has 2 nitrogen and oxygen atoms in total. The van der Waals surface area contributed by atoms with Crippen LogP contribution in [-0.4, -0.2) is 31.6 Å². The second-order valence-electron chi connectivity index (χ2n) is 4.69. The SMILES string of the molecule is C=C(CNCC)CN(C)Cc1cccc(C)c1. The van der Waals surface area contributed by atoms with Crippen LogP contribution in [0.15, 0.2) is 36.4 Å². The molecular weight excluding hydrogens is 208 g/mol. The Hall–Kier alpha value is -1.12. The summed E-state index contributed by atoms with van der Waals surface area (Å²) in [6.07, 6.45) is 0. The predicted octanol–water partition coefficient (Wildman–Crippen LogP) is 2.59. The number of hydrogen-bond acceptors (Lipinski definition) is 2. The number of hydrogen-bond donors (Lipinski definition) is 1. The average molecular weight is 232 g/mol. The van der Waals surface area contributed by atoms with Crippen LogP contribution in [0.4, 0.5) is 0 Å². The van der Waals surface area contributed by atoms with Gasteiger partial charge in [-0.3, -0.25) is 4.90 Å². The molecule has 2 heteroatoms. The van der Waals surface area contributed by atoms with Crippen molar-refractivity contribution >= 4 is 0 Å². The van der Waals surface area contributed by atoms with E-state index in [0.717, 1.165) is 26.2 Å². The van der Waals surface area contributed by atoms with Crippen LogP contribution in [0.3, 0.4) is 0 Å². The summed E-state index contributed by atoms with van der Waals surface area (Å²) in [5.41, 5.74) is 3.92. The Labute approximate surface area is 105 Å². The van der Waals surface area contributed by atoms with Crippen molar-refractivity contribution in [3.8, 4) is 0 Å². The monoisotopic (exact) mass is 232 g/mol. The highest BCUT2D eigenvalue weighted by molar-refractivity contribution is 5.22. The largest absolute Gasteiger partial charge is 0.313 e. The number of rotatable bonds is 7. The van der Waals surface area contributed by atoms with Crippen molar-refractivity contribution < 1.29 is 0 Å². The van der Waals surface area contributed by atoms with Gasteiger partial charge in [0.25, 0.3) is 0 Å². The molecule has 0 radical (unpaired) electrons.